The first kappa shape index (κ1) is 17.8. The molecule has 0 unspecified atom stereocenters. The molecule has 0 amide bonds. The Bertz CT molecular complexity index is 804. The van der Waals surface area contributed by atoms with Gasteiger partial charge in [-0.15, -0.1) is 0 Å². The Morgan fingerprint density at radius 1 is 1.19 bits per heavy atom. The Morgan fingerprint density at radius 2 is 1.92 bits per heavy atom. The van der Waals surface area contributed by atoms with Crippen LogP contribution in [-0.2, 0) is 16.1 Å². The van der Waals surface area contributed by atoms with E-state index in [-0.39, 0.29) is 30.0 Å². The number of carbonyl (C=O) groups is 1. The molecule has 7 heteroatoms. The van der Waals surface area contributed by atoms with Crippen LogP contribution in [0.15, 0.2) is 48.5 Å². The van der Waals surface area contributed by atoms with Crippen molar-refractivity contribution >= 4 is 17.3 Å². The first-order chi connectivity index (χ1) is 12.5. The number of ether oxygens (including phenoxy) is 1. The highest BCUT2D eigenvalue weighted by Gasteiger charge is 2.28. The lowest BCUT2D eigenvalue weighted by Gasteiger charge is -2.32. The van der Waals surface area contributed by atoms with Crippen molar-refractivity contribution in [1.82, 2.24) is 0 Å². The molecular weight excluding hydrogens is 339 g/mol. The Morgan fingerprint density at radius 3 is 2.62 bits per heavy atom. The van der Waals surface area contributed by atoms with E-state index in [4.69, 9.17) is 4.74 Å². The molecule has 2 aromatic carbocycles. The van der Waals surface area contributed by atoms with Gasteiger partial charge in [-0.05, 0) is 36.6 Å². The van der Waals surface area contributed by atoms with E-state index in [0.717, 1.165) is 0 Å². The highest BCUT2D eigenvalue weighted by molar-refractivity contribution is 5.73. The van der Waals surface area contributed by atoms with Crippen molar-refractivity contribution in [2.45, 2.75) is 19.4 Å². The Labute approximate surface area is 150 Å². The van der Waals surface area contributed by atoms with E-state index in [2.05, 4.69) is 0 Å². The molecule has 1 heterocycles. The zero-order chi connectivity index (χ0) is 18.5. The summed E-state index contributed by atoms with van der Waals surface area (Å²) >= 11 is 0. The van der Waals surface area contributed by atoms with Crippen molar-refractivity contribution in [3.05, 3.63) is 70.0 Å². The smallest absolute Gasteiger partial charge is 0.309 e. The van der Waals surface area contributed by atoms with Gasteiger partial charge in [-0.2, -0.15) is 0 Å². The van der Waals surface area contributed by atoms with E-state index < -0.39 is 4.92 Å². The van der Waals surface area contributed by atoms with Crippen molar-refractivity contribution < 1.29 is 18.8 Å². The minimum atomic E-state index is -0.394. The third-order valence-electron chi connectivity index (χ3n) is 4.52. The lowest BCUT2D eigenvalue weighted by atomic mass is 9.96. The van der Waals surface area contributed by atoms with Crippen molar-refractivity contribution in [2.24, 2.45) is 5.92 Å². The van der Waals surface area contributed by atoms with Gasteiger partial charge in [0.15, 0.2) is 0 Å². The zero-order valence-electron chi connectivity index (χ0n) is 14.1. The molecule has 2 aromatic rings. The average molecular weight is 358 g/mol. The summed E-state index contributed by atoms with van der Waals surface area (Å²) in [5, 5.41) is 11.2. The second-order valence-corrected chi connectivity index (χ2v) is 6.24. The normalized spacial score (nSPS) is 14.9. The molecule has 6 nitrogen and oxygen atoms in total. The highest BCUT2D eigenvalue weighted by Crippen LogP contribution is 2.31. The second-order valence-electron chi connectivity index (χ2n) is 6.24. The Kier molecular flexibility index (Phi) is 5.46. The molecule has 1 aliphatic rings. The van der Waals surface area contributed by atoms with Gasteiger partial charge in [0.25, 0.3) is 5.69 Å². The maximum Gasteiger partial charge on any atom is 0.309 e. The predicted molar refractivity (Wildman–Crippen MR) is 94.2 cm³/mol. The van der Waals surface area contributed by atoms with E-state index in [1.807, 2.05) is 4.90 Å². The van der Waals surface area contributed by atoms with Gasteiger partial charge >= 0.3 is 5.97 Å². The number of benzene rings is 2. The van der Waals surface area contributed by atoms with Crippen LogP contribution >= 0.6 is 0 Å². The molecule has 0 aliphatic carbocycles. The van der Waals surface area contributed by atoms with Gasteiger partial charge in [0.2, 0.25) is 0 Å². The fraction of sp³-hybridized carbons (Fsp3) is 0.316. The lowest BCUT2D eigenvalue weighted by Crippen LogP contribution is -2.37. The molecule has 0 N–H and O–H groups in total. The van der Waals surface area contributed by atoms with Crippen LogP contribution in [0, 0.1) is 21.8 Å². The van der Waals surface area contributed by atoms with E-state index >= 15 is 0 Å². The van der Waals surface area contributed by atoms with Crippen molar-refractivity contribution in [2.75, 3.05) is 18.0 Å². The van der Waals surface area contributed by atoms with Gasteiger partial charge in [0.1, 0.15) is 18.1 Å². The monoisotopic (exact) mass is 358 g/mol. The van der Waals surface area contributed by atoms with E-state index in [9.17, 15) is 19.3 Å². The first-order valence-electron chi connectivity index (χ1n) is 8.44. The summed E-state index contributed by atoms with van der Waals surface area (Å²) in [6, 6.07) is 12.6. The quantitative estimate of drug-likeness (QED) is 0.463. The number of piperidine rings is 1. The summed E-state index contributed by atoms with van der Waals surface area (Å²) in [5.41, 5.74) is 1.25. The summed E-state index contributed by atoms with van der Waals surface area (Å²) in [7, 11) is 0. The number of esters is 1. The van der Waals surface area contributed by atoms with Crippen LogP contribution in [0.2, 0.25) is 0 Å². The number of hydrogen-bond donors (Lipinski definition) is 0. The number of halogens is 1. The number of para-hydroxylation sites is 2. The van der Waals surface area contributed by atoms with Gasteiger partial charge in [-0.25, -0.2) is 4.39 Å². The van der Waals surface area contributed by atoms with E-state index in [1.54, 1.807) is 30.3 Å². The van der Waals surface area contributed by atoms with Crippen LogP contribution in [0.4, 0.5) is 15.8 Å². The number of nitro groups is 1. The molecule has 0 spiro atoms. The number of carbonyl (C=O) groups excluding carboxylic acids is 1. The fourth-order valence-corrected chi connectivity index (χ4v) is 3.14. The van der Waals surface area contributed by atoms with Crippen molar-refractivity contribution in [3.63, 3.8) is 0 Å². The van der Waals surface area contributed by atoms with Crippen LogP contribution in [0.1, 0.15) is 18.4 Å². The SMILES string of the molecule is O=C(OCc1cccc(F)c1)C1CCN(c2ccccc2[N+](=O)[O-])CC1. The van der Waals surface area contributed by atoms with Gasteiger partial charge < -0.3 is 9.64 Å². The molecule has 0 aromatic heterocycles. The molecule has 0 atom stereocenters. The maximum absolute atomic E-state index is 13.1. The molecule has 136 valence electrons. The maximum atomic E-state index is 13.1. The molecule has 1 fully saturated rings. The van der Waals surface area contributed by atoms with E-state index in [0.29, 0.717) is 37.2 Å². The fourth-order valence-electron chi connectivity index (χ4n) is 3.14. The van der Waals surface area contributed by atoms with Gasteiger partial charge in [0.05, 0.1) is 10.8 Å². The van der Waals surface area contributed by atoms with Crippen LogP contribution in [0.5, 0.6) is 0 Å². The molecule has 3 rings (SSSR count). The number of hydrogen-bond acceptors (Lipinski definition) is 5. The minimum absolute atomic E-state index is 0.0426. The largest absolute Gasteiger partial charge is 0.461 e. The molecule has 0 radical (unpaired) electrons. The second kappa shape index (κ2) is 7.95. The molecular formula is C19H19FN2O4. The third-order valence-corrected chi connectivity index (χ3v) is 4.52. The highest BCUT2D eigenvalue weighted by atomic mass is 19.1. The number of rotatable bonds is 5. The molecule has 0 saturated carbocycles. The number of nitro benzene ring substituents is 1. The summed E-state index contributed by atoms with van der Waals surface area (Å²) in [5.74, 6) is -0.921. The van der Waals surface area contributed by atoms with Gasteiger partial charge in [-0.1, -0.05) is 24.3 Å². The van der Waals surface area contributed by atoms with Crippen molar-refractivity contribution in [3.8, 4) is 0 Å². The average Bonchev–Trinajstić information content (AvgIpc) is 2.66. The molecule has 26 heavy (non-hydrogen) atoms. The summed E-state index contributed by atoms with van der Waals surface area (Å²) in [6.45, 7) is 1.14. The first-order valence-corrected chi connectivity index (χ1v) is 8.44. The van der Waals surface area contributed by atoms with E-state index in [1.165, 1.54) is 18.2 Å². The Hall–Kier alpha value is -2.96. The van der Waals surface area contributed by atoms with Crippen LogP contribution in [0.3, 0.4) is 0 Å². The number of nitrogens with zero attached hydrogens (tertiary/aromatic N) is 2. The Balaban J connectivity index is 1.55. The predicted octanol–water partition coefficient (Wildman–Crippen LogP) is 3.69. The van der Waals surface area contributed by atoms with Crippen LogP contribution in [-0.4, -0.2) is 24.0 Å². The molecule has 0 bridgehead atoms. The van der Waals surface area contributed by atoms with Crippen LogP contribution < -0.4 is 4.90 Å². The minimum Gasteiger partial charge on any atom is -0.461 e. The summed E-state index contributed by atoms with van der Waals surface area (Å²) in [6.07, 6.45) is 1.13. The summed E-state index contributed by atoms with van der Waals surface area (Å²) < 4.78 is 18.4. The van der Waals surface area contributed by atoms with Crippen LogP contribution in [0.25, 0.3) is 0 Å². The zero-order valence-corrected chi connectivity index (χ0v) is 14.1. The third kappa shape index (κ3) is 4.17. The topological polar surface area (TPSA) is 72.7 Å². The molecule has 1 saturated heterocycles. The molecule has 1 aliphatic heterocycles. The van der Waals surface area contributed by atoms with Gasteiger partial charge in [-0.3, -0.25) is 14.9 Å². The van der Waals surface area contributed by atoms with Crippen molar-refractivity contribution in [1.29, 1.82) is 0 Å². The summed E-state index contributed by atoms with van der Waals surface area (Å²) in [4.78, 5) is 24.9. The lowest BCUT2D eigenvalue weighted by molar-refractivity contribution is -0.384. The number of anilines is 1. The van der Waals surface area contributed by atoms with Gasteiger partial charge in [0, 0.05) is 19.2 Å². The standard InChI is InChI=1S/C19H19FN2O4/c20-16-5-3-4-14(12-16)13-26-19(23)15-8-10-21(11-9-15)17-6-1-2-7-18(17)22(24)25/h1-7,12,15H,8-11,13H2.